The standard InChI is InChI=1S/C18H19FN2O4/c1-12(22)21(15-7-8-16(24-2)17(10-15)25-3)11-18(23)20-14-6-4-5-13(19)9-14/h4-10H,11H2,1-3H3,(H,20,23). The fourth-order valence-corrected chi connectivity index (χ4v) is 2.29. The quantitative estimate of drug-likeness (QED) is 0.873. The van der Waals surface area contributed by atoms with Crippen LogP contribution in [0.4, 0.5) is 15.8 Å². The van der Waals surface area contributed by atoms with Gasteiger partial charge in [-0.3, -0.25) is 9.59 Å². The van der Waals surface area contributed by atoms with Crippen molar-refractivity contribution in [1.82, 2.24) is 0 Å². The molecule has 6 nitrogen and oxygen atoms in total. The highest BCUT2D eigenvalue weighted by Gasteiger charge is 2.18. The van der Waals surface area contributed by atoms with Crippen molar-refractivity contribution >= 4 is 23.2 Å². The van der Waals surface area contributed by atoms with Gasteiger partial charge in [-0.15, -0.1) is 0 Å². The van der Waals surface area contributed by atoms with Crippen molar-refractivity contribution in [3.63, 3.8) is 0 Å². The molecule has 0 aliphatic carbocycles. The van der Waals surface area contributed by atoms with E-state index in [0.29, 0.717) is 22.9 Å². The third kappa shape index (κ3) is 4.69. The lowest BCUT2D eigenvalue weighted by atomic mass is 10.2. The molecule has 7 heteroatoms. The lowest BCUT2D eigenvalue weighted by Crippen LogP contribution is -2.36. The summed E-state index contributed by atoms with van der Waals surface area (Å²) < 4.78 is 23.6. The van der Waals surface area contributed by atoms with Crippen LogP contribution in [-0.2, 0) is 9.59 Å². The number of methoxy groups -OCH3 is 2. The largest absolute Gasteiger partial charge is 0.493 e. The van der Waals surface area contributed by atoms with Crippen molar-refractivity contribution < 1.29 is 23.5 Å². The van der Waals surface area contributed by atoms with Gasteiger partial charge in [-0.1, -0.05) is 6.07 Å². The molecular weight excluding hydrogens is 327 g/mol. The van der Waals surface area contributed by atoms with Crippen molar-refractivity contribution in [2.45, 2.75) is 6.92 Å². The van der Waals surface area contributed by atoms with Gasteiger partial charge >= 0.3 is 0 Å². The van der Waals surface area contributed by atoms with Gasteiger partial charge in [0.05, 0.1) is 14.2 Å². The number of hydrogen-bond donors (Lipinski definition) is 1. The number of carbonyl (C=O) groups is 2. The zero-order valence-corrected chi connectivity index (χ0v) is 14.2. The summed E-state index contributed by atoms with van der Waals surface area (Å²) in [6.45, 7) is 1.13. The molecule has 25 heavy (non-hydrogen) atoms. The van der Waals surface area contributed by atoms with Crippen molar-refractivity contribution in [3.8, 4) is 11.5 Å². The van der Waals surface area contributed by atoms with Crippen LogP contribution in [0.1, 0.15) is 6.92 Å². The van der Waals surface area contributed by atoms with Crippen LogP contribution in [0, 0.1) is 5.82 Å². The van der Waals surface area contributed by atoms with Crippen LogP contribution in [0.3, 0.4) is 0 Å². The maximum Gasteiger partial charge on any atom is 0.244 e. The molecule has 2 aromatic carbocycles. The fraction of sp³-hybridized carbons (Fsp3) is 0.222. The lowest BCUT2D eigenvalue weighted by Gasteiger charge is -2.22. The summed E-state index contributed by atoms with van der Waals surface area (Å²) in [6.07, 6.45) is 0. The van der Waals surface area contributed by atoms with E-state index in [1.807, 2.05) is 0 Å². The molecule has 2 aromatic rings. The maximum atomic E-state index is 13.2. The van der Waals surface area contributed by atoms with Crippen LogP contribution in [0.25, 0.3) is 0 Å². The Morgan fingerprint density at radius 3 is 2.40 bits per heavy atom. The van der Waals surface area contributed by atoms with E-state index in [9.17, 15) is 14.0 Å². The average molecular weight is 346 g/mol. The van der Waals surface area contributed by atoms with Gasteiger partial charge < -0.3 is 19.7 Å². The Morgan fingerprint density at radius 1 is 1.08 bits per heavy atom. The second-order valence-corrected chi connectivity index (χ2v) is 5.20. The predicted molar refractivity (Wildman–Crippen MR) is 92.6 cm³/mol. The Hall–Kier alpha value is -3.09. The highest BCUT2D eigenvalue weighted by molar-refractivity contribution is 6.01. The normalized spacial score (nSPS) is 10.1. The number of benzene rings is 2. The van der Waals surface area contributed by atoms with Gasteiger partial charge in [0.25, 0.3) is 0 Å². The van der Waals surface area contributed by atoms with E-state index in [-0.39, 0.29) is 12.5 Å². The number of nitrogens with zero attached hydrogens (tertiary/aromatic N) is 1. The summed E-state index contributed by atoms with van der Waals surface area (Å²) in [5.41, 5.74) is 0.806. The number of amides is 2. The number of hydrogen-bond acceptors (Lipinski definition) is 4. The van der Waals surface area contributed by atoms with Gasteiger partial charge in [-0.05, 0) is 30.3 Å². The van der Waals surface area contributed by atoms with E-state index in [4.69, 9.17) is 9.47 Å². The van der Waals surface area contributed by atoms with Crippen LogP contribution in [-0.4, -0.2) is 32.6 Å². The molecule has 2 rings (SSSR count). The summed E-state index contributed by atoms with van der Waals surface area (Å²) in [5, 5.41) is 2.56. The molecule has 0 saturated carbocycles. The number of halogens is 1. The Labute approximate surface area is 145 Å². The summed E-state index contributed by atoms with van der Waals surface area (Å²) in [6, 6.07) is 10.4. The highest BCUT2D eigenvalue weighted by Crippen LogP contribution is 2.31. The molecule has 0 heterocycles. The number of nitrogens with one attached hydrogen (secondary N) is 1. The topological polar surface area (TPSA) is 67.9 Å². The highest BCUT2D eigenvalue weighted by atomic mass is 19.1. The molecule has 0 bridgehead atoms. The Kier molecular flexibility index (Phi) is 5.94. The zero-order valence-electron chi connectivity index (χ0n) is 14.2. The minimum absolute atomic E-state index is 0.221. The van der Waals surface area contributed by atoms with Crippen molar-refractivity contribution in [2.75, 3.05) is 31.0 Å². The molecule has 0 saturated heterocycles. The monoisotopic (exact) mass is 346 g/mol. The number of ether oxygens (including phenoxy) is 2. The molecule has 1 N–H and O–H groups in total. The molecule has 132 valence electrons. The molecule has 0 spiro atoms. The summed E-state index contributed by atoms with van der Waals surface area (Å²) in [5.74, 6) is -0.269. The predicted octanol–water partition coefficient (Wildman–Crippen LogP) is 2.83. The third-order valence-corrected chi connectivity index (χ3v) is 3.47. The minimum Gasteiger partial charge on any atom is -0.493 e. The van der Waals surface area contributed by atoms with Crippen molar-refractivity contribution in [1.29, 1.82) is 0 Å². The SMILES string of the molecule is COc1ccc(N(CC(=O)Nc2cccc(F)c2)C(C)=O)cc1OC. The average Bonchev–Trinajstić information content (AvgIpc) is 2.58. The van der Waals surface area contributed by atoms with Crippen LogP contribution in [0.5, 0.6) is 11.5 Å². The van der Waals surface area contributed by atoms with E-state index < -0.39 is 11.7 Å². The molecule has 2 amide bonds. The maximum absolute atomic E-state index is 13.2. The fourth-order valence-electron chi connectivity index (χ4n) is 2.29. The summed E-state index contributed by atoms with van der Waals surface area (Å²) in [4.78, 5) is 25.4. The van der Waals surface area contributed by atoms with E-state index >= 15 is 0 Å². The minimum atomic E-state index is -0.457. The number of rotatable bonds is 6. The number of anilines is 2. The molecular formula is C18H19FN2O4. The van der Waals surface area contributed by atoms with Crippen molar-refractivity contribution in [2.24, 2.45) is 0 Å². The van der Waals surface area contributed by atoms with E-state index in [1.165, 1.54) is 44.2 Å². The molecule has 0 fully saturated rings. The summed E-state index contributed by atoms with van der Waals surface area (Å²) >= 11 is 0. The van der Waals surface area contributed by atoms with Crippen LogP contribution >= 0.6 is 0 Å². The van der Waals surface area contributed by atoms with E-state index in [1.54, 1.807) is 24.3 Å². The third-order valence-electron chi connectivity index (χ3n) is 3.47. The first kappa shape index (κ1) is 18.3. The van der Waals surface area contributed by atoms with Gasteiger partial charge in [0.1, 0.15) is 12.4 Å². The molecule has 0 aromatic heterocycles. The molecule has 0 aliphatic heterocycles. The second kappa shape index (κ2) is 8.14. The van der Waals surface area contributed by atoms with Crippen LogP contribution in [0.15, 0.2) is 42.5 Å². The molecule has 0 unspecified atom stereocenters. The Bertz CT molecular complexity index is 779. The van der Waals surface area contributed by atoms with E-state index in [2.05, 4.69) is 5.32 Å². The second-order valence-electron chi connectivity index (χ2n) is 5.20. The van der Waals surface area contributed by atoms with E-state index in [0.717, 1.165) is 0 Å². The van der Waals surface area contributed by atoms with Crippen LogP contribution < -0.4 is 19.7 Å². The van der Waals surface area contributed by atoms with Gasteiger partial charge in [-0.25, -0.2) is 4.39 Å². The van der Waals surface area contributed by atoms with Crippen LogP contribution in [0.2, 0.25) is 0 Å². The first-order chi connectivity index (χ1) is 11.9. The zero-order chi connectivity index (χ0) is 18.4. The van der Waals surface area contributed by atoms with Gasteiger partial charge in [0, 0.05) is 24.4 Å². The Morgan fingerprint density at radius 2 is 1.80 bits per heavy atom. The Balaban J connectivity index is 2.18. The summed E-state index contributed by atoms with van der Waals surface area (Å²) in [7, 11) is 2.99. The number of carbonyl (C=O) groups excluding carboxylic acids is 2. The van der Waals surface area contributed by atoms with Gasteiger partial charge in [0.15, 0.2) is 11.5 Å². The van der Waals surface area contributed by atoms with Gasteiger partial charge in [-0.2, -0.15) is 0 Å². The molecule has 0 radical (unpaired) electrons. The van der Waals surface area contributed by atoms with Crippen molar-refractivity contribution in [3.05, 3.63) is 48.3 Å². The molecule has 0 aliphatic rings. The lowest BCUT2D eigenvalue weighted by molar-refractivity contribution is -0.120. The molecule has 0 atom stereocenters. The first-order valence-electron chi connectivity index (χ1n) is 7.50. The smallest absolute Gasteiger partial charge is 0.244 e. The first-order valence-corrected chi connectivity index (χ1v) is 7.50. The van der Waals surface area contributed by atoms with Gasteiger partial charge in [0.2, 0.25) is 11.8 Å².